The van der Waals surface area contributed by atoms with Gasteiger partial charge in [-0.15, -0.1) is 0 Å². The highest BCUT2D eigenvalue weighted by Crippen LogP contribution is 2.53. The lowest BCUT2D eigenvalue weighted by molar-refractivity contribution is -0.384. The molecule has 0 N–H and O–H groups in total. The molecule has 0 radical (unpaired) electrons. The fourth-order valence-electron chi connectivity index (χ4n) is 4.77. The maximum atomic E-state index is 12.9. The number of non-ortho nitro benzene ring substituents is 1. The van der Waals surface area contributed by atoms with E-state index in [-0.39, 0.29) is 47.8 Å². The molecule has 2 amide bonds. The van der Waals surface area contributed by atoms with Gasteiger partial charge in [0, 0.05) is 12.1 Å². The monoisotopic (exact) mass is 390 g/mol. The third kappa shape index (κ3) is 2.81. The number of nitro benzene ring substituents is 1. The summed E-state index contributed by atoms with van der Waals surface area (Å²) in [7, 11) is 0. The number of carbonyl (C=O) groups is 2. The van der Waals surface area contributed by atoms with E-state index in [0.29, 0.717) is 17.0 Å². The fourth-order valence-corrected chi connectivity index (χ4v) is 4.77. The number of benzene rings is 2. The van der Waals surface area contributed by atoms with E-state index >= 15 is 0 Å². The highest BCUT2D eigenvalue weighted by atomic mass is 16.6. The molecular formula is C22H18N2O5. The first-order valence-corrected chi connectivity index (χ1v) is 9.55. The van der Waals surface area contributed by atoms with E-state index in [1.807, 2.05) is 0 Å². The minimum atomic E-state index is -0.445. The average molecular weight is 390 g/mol. The quantitative estimate of drug-likeness (QED) is 0.337. The Balaban J connectivity index is 1.29. The maximum absolute atomic E-state index is 12.9. The summed E-state index contributed by atoms with van der Waals surface area (Å²) in [5, 5.41) is 10.9. The zero-order chi connectivity index (χ0) is 20.1. The molecule has 5 rings (SSSR count). The van der Waals surface area contributed by atoms with Gasteiger partial charge in [-0.2, -0.15) is 0 Å². The fraction of sp³-hybridized carbons (Fsp3) is 0.273. The molecule has 1 heterocycles. The minimum absolute atomic E-state index is 0.0153. The summed E-state index contributed by atoms with van der Waals surface area (Å²) in [4.78, 5) is 37.4. The Hall–Kier alpha value is -3.48. The zero-order valence-corrected chi connectivity index (χ0v) is 15.4. The van der Waals surface area contributed by atoms with Crippen molar-refractivity contribution in [3.63, 3.8) is 0 Å². The smallest absolute Gasteiger partial charge is 0.269 e. The number of imide groups is 1. The van der Waals surface area contributed by atoms with E-state index in [2.05, 4.69) is 12.2 Å². The van der Waals surface area contributed by atoms with Crippen molar-refractivity contribution in [3.05, 3.63) is 76.4 Å². The lowest BCUT2D eigenvalue weighted by atomic mass is 9.85. The van der Waals surface area contributed by atoms with Gasteiger partial charge in [0.25, 0.3) is 5.69 Å². The number of rotatable bonds is 5. The molecule has 2 aromatic rings. The van der Waals surface area contributed by atoms with Crippen LogP contribution < -0.4 is 9.64 Å². The molecule has 3 aliphatic rings. The molecular weight excluding hydrogens is 372 g/mol. The lowest BCUT2D eigenvalue weighted by Gasteiger charge is -2.17. The Morgan fingerprint density at radius 1 is 1.00 bits per heavy atom. The molecule has 4 unspecified atom stereocenters. The summed E-state index contributed by atoms with van der Waals surface area (Å²) in [6, 6.07) is 13.1. The van der Waals surface area contributed by atoms with E-state index < -0.39 is 4.92 Å². The first kappa shape index (κ1) is 17.6. The predicted molar refractivity (Wildman–Crippen MR) is 104 cm³/mol. The summed E-state index contributed by atoms with van der Waals surface area (Å²) in [6.07, 6.45) is 5.06. The van der Waals surface area contributed by atoms with E-state index in [1.54, 1.807) is 36.4 Å². The van der Waals surface area contributed by atoms with Gasteiger partial charge in [-0.25, -0.2) is 0 Å². The SMILES string of the molecule is O=C1C2C3C=CC(C3)C2C(=O)N1c1ccc(OCc2cccc([N+](=O)[O-])c2)cc1. The van der Waals surface area contributed by atoms with Gasteiger partial charge in [-0.05, 0) is 48.1 Å². The Labute approximate surface area is 166 Å². The summed E-state index contributed by atoms with van der Waals surface area (Å²) in [5.74, 6) is 0.267. The average Bonchev–Trinajstić information content (AvgIpc) is 3.41. The van der Waals surface area contributed by atoms with Gasteiger partial charge in [0.2, 0.25) is 11.8 Å². The number of fused-ring (bicyclic) bond motifs is 5. The van der Waals surface area contributed by atoms with Gasteiger partial charge in [0.05, 0.1) is 22.4 Å². The molecule has 2 bridgehead atoms. The van der Waals surface area contributed by atoms with Crippen LogP contribution >= 0.6 is 0 Å². The van der Waals surface area contributed by atoms with Crippen LogP contribution in [-0.4, -0.2) is 16.7 Å². The maximum Gasteiger partial charge on any atom is 0.269 e. The first-order chi connectivity index (χ1) is 14.0. The van der Waals surface area contributed by atoms with Crippen molar-refractivity contribution in [1.29, 1.82) is 0 Å². The molecule has 29 heavy (non-hydrogen) atoms. The zero-order valence-electron chi connectivity index (χ0n) is 15.4. The molecule has 1 aliphatic heterocycles. The molecule has 2 aromatic carbocycles. The van der Waals surface area contributed by atoms with Crippen molar-refractivity contribution in [2.45, 2.75) is 13.0 Å². The number of nitro groups is 1. The van der Waals surface area contributed by atoms with Crippen LogP contribution in [0.4, 0.5) is 11.4 Å². The number of amides is 2. The van der Waals surface area contributed by atoms with Gasteiger partial charge < -0.3 is 4.74 Å². The van der Waals surface area contributed by atoms with Crippen LogP contribution in [0.2, 0.25) is 0 Å². The summed E-state index contributed by atoms with van der Waals surface area (Å²) in [6.45, 7) is 0.182. The molecule has 1 saturated carbocycles. The Bertz CT molecular complexity index is 1020. The van der Waals surface area contributed by atoms with Crippen LogP contribution in [0.25, 0.3) is 0 Å². The van der Waals surface area contributed by atoms with Crippen LogP contribution in [0.5, 0.6) is 5.75 Å². The number of nitrogens with zero attached hydrogens (tertiary/aromatic N) is 2. The largest absolute Gasteiger partial charge is 0.489 e. The van der Waals surface area contributed by atoms with E-state index in [4.69, 9.17) is 4.74 Å². The van der Waals surface area contributed by atoms with E-state index in [0.717, 1.165) is 6.42 Å². The second kappa shape index (κ2) is 6.55. The van der Waals surface area contributed by atoms with Crippen molar-refractivity contribution in [3.8, 4) is 5.75 Å². The molecule has 1 saturated heterocycles. The summed E-state index contributed by atoms with van der Waals surface area (Å²) in [5.41, 5.74) is 1.25. The highest BCUT2D eigenvalue weighted by molar-refractivity contribution is 6.22. The van der Waals surface area contributed by atoms with Crippen molar-refractivity contribution >= 4 is 23.2 Å². The number of anilines is 1. The van der Waals surface area contributed by atoms with Gasteiger partial charge >= 0.3 is 0 Å². The first-order valence-electron chi connectivity index (χ1n) is 9.55. The van der Waals surface area contributed by atoms with E-state index in [9.17, 15) is 19.7 Å². The van der Waals surface area contributed by atoms with Crippen LogP contribution in [-0.2, 0) is 16.2 Å². The van der Waals surface area contributed by atoms with Crippen LogP contribution in [0, 0.1) is 33.8 Å². The van der Waals surface area contributed by atoms with Crippen LogP contribution in [0.15, 0.2) is 60.7 Å². The molecule has 7 nitrogen and oxygen atoms in total. The molecule has 146 valence electrons. The van der Waals surface area contributed by atoms with Crippen LogP contribution in [0.3, 0.4) is 0 Å². The molecule has 0 spiro atoms. The number of hydrogen-bond acceptors (Lipinski definition) is 5. The molecule has 2 aliphatic carbocycles. The Kier molecular flexibility index (Phi) is 3.97. The van der Waals surface area contributed by atoms with Gasteiger partial charge in [-0.3, -0.25) is 24.6 Å². The number of ether oxygens (including phenoxy) is 1. The minimum Gasteiger partial charge on any atom is -0.489 e. The van der Waals surface area contributed by atoms with Crippen molar-refractivity contribution in [2.24, 2.45) is 23.7 Å². The van der Waals surface area contributed by atoms with Crippen molar-refractivity contribution in [1.82, 2.24) is 0 Å². The molecule has 0 aromatic heterocycles. The number of carbonyl (C=O) groups excluding carboxylic acids is 2. The van der Waals surface area contributed by atoms with Gasteiger partial charge in [0.1, 0.15) is 12.4 Å². The van der Waals surface area contributed by atoms with E-state index in [1.165, 1.54) is 17.0 Å². The highest BCUT2D eigenvalue weighted by Gasteiger charge is 2.59. The predicted octanol–water partition coefficient (Wildman–Crippen LogP) is 3.49. The third-order valence-corrected chi connectivity index (χ3v) is 6.09. The van der Waals surface area contributed by atoms with Gasteiger partial charge in [-0.1, -0.05) is 24.3 Å². The molecule has 7 heteroatoms. The number of allylic oxidation sites excluding steroid dienone is 2. The second-order valence-corrected chi connectivity index (χ2v) is 7.72. The Morgan fingerprint density at radius 3 is 2.28 bits per heavy atom. The third-order valence-electron chi connectivity index (χ3n) is 6.09. The normalized spacial score (nSPS) is 26.8. The summed E-state index contributed by atoms with van der Waals surface area (Å²) >= 11 is 0. The van der Waals surface area contributed by atoms with Crippen molar-refractivity contribution < 1.29 is 19.2 Å². The number of hydrogen-bond donors (Lipinski definition) is 0. The lowest BCUT2D eigenvalue weighted by Crippen LogP contribution is -2.32. The molecule has 2 fully saturated rings. The summed E-state index contributed by atoms with van der Waals surface area (Å²) < 4.78 is 5.70. The van der Waals surface area contributed by atoms with Crippen LogP contribution in [0.1, 0.15) is 12.0 Å². The van der Waals surface area contributed by atoms with Gasteiger partial charge in [0.15, 0.2) is 0 Å². The molecule has 4 atom stereocenters. The second-order valence-electron chi connectivity index (χ2n) is 7.72. The standard InChI is InChI=1S/C22H18N2O5/c25-21-19-14-4-5-15(11-14)20(19)22(26)23(21)16-6-8-18(9-7-16)29-12-13-2-1-3-17(10-13)24(27)28/h1-10,14-15,19-20H,11-12H2. The topological polar surface area (TPSA) is 89.8 Å². The Morgan fingerprint density at radius 2 is 1.66 bits per heavy atom. The van der Waals surface area contributed by atoms with Crippen molar-refractivity contribution in [2.75, 3.05) is 4.90 Å².